The van der Waals surface area contributed by atoms with Crippen molar-refractivity contribution in [2.75, 3.05) is 22.9 Å². The van der Waals surface area contributed by atoms with E-state index in [-0.39, 0.29) is 14.9 Å². The average molecular weight is 523 g/mol. The third kappa shape index (κ3) is 6.06. The van der Waals surface area contributed by atoms with Crippen molar-refractivity contribution < 1.29 is 13.5 Å². The fourth-order valence-electron chi connectivity index (χ4n) is 4.21. The van der Waals surface area contributed by atoms with Gasteiger partial charge in [0.1, 0.15) is 0 Å². The predicted octanol–water partition coefficient (Wildman–Crippen LogP) is 7.03. The summed E-state index contributed by atoms with van der Waals surface area (Å²) in [4.78, 5) is 4.77. The molecule has 0 spiro atoms. The molecule has 5 heteroatoms. The maximum absolute atomic E-state index is 6.09. The first-order chi connectivity index (χ1) is 12.8. The van der Waals surface area contributed by atoms with E-state index in [0.717, 1.165) is 19.5 Å². The number of anilines is 2. The van der Waals surface area contributed by atoms with Crippen molar-refractivity contribution in [3.63, 3.8) is 0 Å². The molecule has 0 unspecified atom stereocenters. The van der Waals surface area contributed by atoms with Gasteiger partial charge in [-0.15, -0.1) is 0 Å². The SMILES string of the molecule is C.Cc1cc(C)c(N2[CH-]N(c3c(C)cc(C)cc3C[CH]=[Ru]([Cl])[Cl])CC2)c(C)c1.[CH3-]. The van der Waals surface area contributed by atoms with Crippen molar-refractivity contribution in [2.24, 2.45) is 0 Å². The van der Waals surface area contributed by atoms with Crippen LogP contribution in [0.1, 0.15) is 40.8 Å². The summed E-state index contributed by atoms with van der Waals surface area (Å²) in [6, 6.07) is 9.06. The van der Waals surface area contributed by atoms with Gasteiger partial charge in [-0.2, -0.15) is 0 Å². The van der Waals surface area contributed by atoms with Crippen LogP contribution in [0.3, 0.4) is 0 Å². The van der Waals surface area contributed by atoms with Crippen LogP contribution in [0, 0.1) is 48.7 Å². The van der Waals surface area contributed by atoms with Crippen LogP contribution < -0.4 is 9.80 Å². The Balaban J connectivity index is 0.00000210. The van der Waals surface area contributed by atoms with Gasteiger partial charge in [0.05, 0.1) is 0 Å². The Kier molecular flexibility index (Phi) is 9.86. The summed E-state index contributed by atoms with van der Waals surface area (Å²) in [5.41, 5.74) is 10.5. The fourth-order valence-corrected chi connectivity index (χ4v) is 5.51. The van der Waals surface area contributed by atoms with Gasteiger partial charge in [0.2, 0.25) is 0 Å². The Bertz CT molecular complexity index is 866. The Morgan fingerprint density at radius 1 is 0.862 bits per heavy atom. The molecule has 1 aliphatic heterocycles. The molecule has 0 radical (unpaired) electrons. The number of hydrogen-bond acceptors (Lipinski definition) is 2. The minimum absolute atomic E-state index is 0. The van der Waals surface area contributed by atoms with Gasteiger partial charge in [-0.3, -0.25) is 0 Å². The van der Waals surface area contributed by atoms with E-state index in [1.807, 2.05) is 0 Å². The van der Waals surface area contributed by atoms with E-state index in [1.54, 1.807) is 0 Å². The van der Waals surface area contributed by atoms with Gasteiger partial charge in [0, 0.05) is 0 Å². The van der Waals surface area contributed by atoms with Crippen LogP contribution in [0.15, 0.2) is 24.3 Å². The van der Waals surface area contributed by atoms with Crippen molar-refractivity contribution >= 4 is 35.4 Å². The molecule has 29 heavy (non-hydrogen) atoms. The first kappa shape index (κ1) is 26.1. The van der Waals surface area contributed by atoms with Gasteiger partial charge in [-0.1, -0.05) is 7.43 Å². The van der Waals surface area contributed by atoms with Gasteiger partial charge >= 0.3 is 177 Å². The zero-order chi connectivity index (χ0) is 19.7. The topological polar surface area (TPSA) is 6.48 Å². The van der Waals surface area contributed by atoms with Gasteiger partial charge in [-0.25, -0.2) is 0 Å². The number of halogens is 2. The van der Waals surface area contributed by atoms with E-state index in [0.29, 0.717) is 0 Å². The summed E-state index contributed by atoms with van der Waals surface area (Å²) in [6.07, 6.45) is 0.830. The second-order valence-corrected chi connectivity index (χ2v) is 13.3. The largest absolute Gasteiger partial charge is 0.358 e. The minimum atomic E-state index is -1.77. The van der Waals surface area contributed by atoms with Crippen LogP contribution in [0.25, 0.3) is 0 Å². The summed E-state index contributed by atoms with van der Waals surface area (Å²) in [6.45, 7) is 15.1. The normalized spacial score (nSPS) is 13.7. The molecule has 0 amide bonds. The van der Waals surface area contributed by atoms with Gasteiger partial charge in [0.15, 0.2) is 0 Å². The molecule has 0 N–H and O–H groups in total. The van der Waals surface area contributed by atoms with E-state index in [4.69, 9.17) is 19.4 Å². The van der Waals surface area contributed by atoms with Crippen molar-refractivity contribution in [2.45, 2.75) is 48.5 Å². The van der Waals surface area contributed by atoms with E-state index in [2.05, 4.69) is 80.0 Å². The van der Waals surface area contributed by atoms with Crippen molar-refractivity contribution in [3.8, 4) is 0 Å². The second kappa shape index (κ2) is 10.9. The van der Waals surface area contributed by atoms with E-state index in [9.17, 15) is 0 Å². The number of rotatable bonds is 4. The van der Waals surface area contributed by atoms with Crippen LogP contribution in [0.5, 0.6) is 0 Å². The van der Waals surface area contributed by atoms with Crippen molar-refractivity contribution in [1.82, 2.24) is 0 Å². The Labute approximate surface area is 191 Å². The molecule has 0 atom stereocenters. The summed E-state index contributed by atoms with van der Waals surface area (Å²) in [7, 11) is 12.2. The van der Waals surface area contributed by atoms with Gasteiger partial charge in [0.25, 0.3) is 0 Å². The standard InChI is InChI=1S/C22H27N2.CH4.CH3.2ClH.Ru/c1-7-20-13-16(3)12-19(6)22(20)24-9-8-23(14-24)21-17(4)10-15(2)11-18(21)5;;;;;/h1,10-14H,7-9H2,2-6H3;1H4;1H3;2*1H;/q-1;;-1;;;+2/p-2. The molecule has 1 heterocycles. The first-order valence-electron chi connectivity index (χ1n) is 9.14. The predicted molar refractivity (Wildman–Crippen MR) is 130 cm³/mol. The number of nitrogens with zero attached hydrogens (tertiary/aromatic N) is 2. The molecule has 2 aromatic carbocycles. The third-order valence-corrected chi connectivity index (χ3v) is 7.18. The minimum Gasteiger partial charge on any atom is -0.358 e. The van der Waals surface area contributed by atoms with E-state index < -0.39 is 13.5 Å². The molecule has 2 nitrogen and oxygen atoms in total. The fraction of sp³-hybridized carbons (Fsp3) is 0.375. The summed E-state index contributed by atoms with van der Waals surface area (Å²) in [5, 5.41) is 0. The Morgan fingerprint density at radius 2 is 1.31 bits per heavy atom. The van der Waals surface area contributed by atoms with Crippen molar-refractivity contribution in [1.29, 1.82) is 0 Å². The van der Waals surface area contributed by atoms with Crippen LogP contribution in [0.4, 0.5) is 11.4 Å². The van der Waals surface area contributed by atoms with E-state index in [1.165, 1.54) is 44.8 Å². The summed E-state index contributed by atoms with van der Waals surface area (Å²) >= 11 is -1.77. The van der Waals surface area contributed by atoms with Crippen LogP contribution in [-0.2, 0) is 19.9 Å². The molecule has 0 saturated carbocycles. The molecule has 1 fully saturated rings. The van der Waals surface area contributed by atoms with Gasteiger partial charge < -0.3 is 7.43 Å². The van der Waals surface area contributed by atoms with Gasteiger partial charge in [-0.05, 0) is 0 Å². The molecule has 1 saturated heterocycles. The number of hydrogen-bond donors (Lipinski definition) is 0. The Hall–Kier alpha value is -0.887. The molecule has 164 valence electrons. The maximum Gasteiger partial charge on any atom is -0.358 e. The summed E-state index contributed by atoms with van der Waals surface area (Å²) in [5.74, 6) is 0. The Morgan fingerprint density at radius 3 is 1.83 bits per heavy atom. The molecule has 2 aromatic rings. The summed E-state index contributed by atoms with van der Waals surface area (Å²) < 4.78 is 2.09. The molecule has 0 bridgehead atoms. The number of benzene rings is 2. The zero-order valence-corrected chi connectivity index (χ0v) is 20.8. The van der Waals surface area contributed by atoms with Crippen molar-refractivity contribution in [3.05, 3.63) is 71.7 Å². The van der Waals surface area contributed by atoms with E-state index >= 15 is 0 Å². The third-order valence-electron chi connectivity index (χ3n) is 5.00. The zero-order valence-electron chi connectivity index (χ0n) is 17.6. The maximum atomic E-state index is 6.09. The molecular formula is C24H34Cl2N2Ru-2. The average Bonchev–Trinajstić information content (AvgIpc) is 3.00. The molecule has 1 aliphatic rings. The molecule has 0 aromatic heterocycles. The quantitative estimate of drug-likeness (QED) is 0.314. The van der Waals surface area contributed by atoms with Crippen LogP contribution in [-0.4, -0.2) is 17.7 Å². The second-order valence-electron chi connectivity index (χ2n) is 7.39. The first-order valence-corrected chi connectivity index (χ1v) is 14.6. The van der Waals surface area contributed by atoms with Crippen LogP contribution in [0.2, 0.25) is 0 Å². The molecule has 0 aliphatic carbocycles. The van der Waals surface area contributed by atoms with Crippen LogP contribution >= 0.6 is 19.4 Å². The molecular weight excluding hydrogens is 488 g/mol. The smallest absolute Gasteiger partial charge is 0.358 e. The number of aryl methyl sites for hydroxylation is 5. The monoisotopic (exact) mass is 522 g/mol. The molecule has 3 rings (SSSR count).